The quantitative estimate of drug-likeness (QED) is 0.682. The predicted octanol–water partition coefficient (Wildman–Crippen LogP) is 2.93. The average Bonchev–Trinajstić information content (AvgIpc) is 2.66. The Bertz CT molecular complexity index is 1040. The molecule has 0 fully saturated rings. The highest BCUT2D eigenvalue weighted by Gasteiger charge is 2.21. The number of hydrogen-bond acceptors (Lipinski definition) is 4. The first-order chi connectivity index (χ1) is 12.6. The Hall–Kier alpha value is -3.08. The van der Waals surface area contributed by atoms with Gasteiger partial charge in [-0.3, -0.25) is 4.79 Å². The van der Waals surface area contributed by atoms with Crippen LogP contribution in [0.2, 0.25) is 0 Å². The van der Waals surface area contributed by atoms with E-state index in [1.807, 2.05) is 23.1 Å². The number of carbonyl (C=O) groups excluding carboxylic acids is 1. The highest BCUT2D eigenvalue weighted by molar-refractivity contribution is 5.87. The molecule has 0 unspecified atom stereocenters. The Morgan fingerprint density at radius 1 is 1.15 bits per heavy atom. The molecule has 3 aromatic rings. The molecule has 26 heavy (non-hydrogen) atoms. The van der Waals surface area contributed by atoms with Crippen molar-refractivity contribution >= 4 is 16.9 Å². The Labute approximate surface area is 150 Å². The molecule has 2 aromatic carbocycles. The Morgan fingerprint density at radius 3 is 2.77 bits per heavy atom. The zero-order valence-corrected chi connectivity index (χ0v) is 14.5. The van der Waals surface area contributed by atoms with Gasteiger partial charge in [-0.25, -0.2) is 4.79 Å². The van der Waals surface area contributed by atoms with E-state index in [4.69, 9.17) is 9.15 Å². The summed E-state index contributed by atoms with van der Waals surface area (Å²) in [6.45, 7) is 1.31. The van der Waals surface area contributed by atoms with Gasteiger partial charge in [0.25, 0.3) is 0 Å². The Morgan fingerprint density at radius 2 is 1.96 bits per heavy atom. The lowest BCUT2D eigenvalue weighted by atomic mass is 9.99. The average molecular weight is 349 g/mol. The second-order valence-electron chi connectivity index (χ2n) is 6.46. The maximum atomic E-state index is 12.8. The van der Waals surface area contributed by atoms with Crippen LogP contribution in [0.4, 0.5) is 0 Å². The summed E-state index contributed by atoms with van der Waals surface area (Å²) in [6, 6.07) is 14.9. The first-order valence-electron chi connectivity index (χ1n) is 8.59. The summed E-state index contributed by atoms with van der Waals surface area (Å²) in [5.41, 5.74) is 3.15. The van der Waals surface area contributed by atoms with Crippen molar-refractivity contribution in [1.82, 2.24) is 4.90 Å². The minimum Gasteiger partial charge on any atom is -0.497 e. The van der Waals surface area contributed by atoms with Crippen LogP contribution in [0.3, 0.4) is 0 Å². The minimum atomic E-state index is -0.461. The molecule has 5 nitrogen and oxygen atoms in total. The molecule has 1 aliphatic heterocycles. The summed E-state index contributed by atoms with van der Waals surface area (Å²) in [5, 5.41) is 0.760. The fourth-order valence-electron chi connectivity index (χ4n) is 3.47. The summed E-state index contributed by atoms with van der Waals surface area (Å²) in [7, 11) is 1.56. The van der Waals surface area contributed by atoms with Crippen LogP contribution in [0.15, 0.2) is 57.7 Å². The number of fused-ring (bicyclic) bond motifs is 2. The number of methoxy groups -OCH3 is 1. The number of rotatable bonds is 3. The third kappa shape index (κ3) is 3.08. The minimum absolute atomic E-state index is 0.0159. The fourth-order valence-corrected chi connectivity index (χ4v) is 3.47. The van der Waals surface area contributed by atoms with E-state index in [1.165, 1.54) is 17.2 Å². The highest BCUT2D eigenvalue weighted by Crippen LogP contribution is 2.24. The molecule has 0 N–H and O–H groups in total. The van der Waals surface area contributed by atoms with E-state index in [-0.39, 0.29) is 12.3 Å². The zero-order chi connectivity index (χ0) is 18.1. The molecule has 1 aromatic heterocycles. The maximum absolute atomic E-state index is 12.8. The molecular weight excluding hydrogens is 330 g/mol. The van der Waals surface area contributed by atoms with Gasteiger partial charge in [0.2, 0.25) is 5.91 Å². The first-order valence-corrected chi connectivity index (χ1v) is 8.59. The van der Waals surface area contributed by atoms with Gasteiger partial charge in [-0.1, -0.05) is 24.3 Å². The number of nitrogens with zero attached hydrogens (tertiary/aromatic N) is 1. The number of hydrogen-bond donors (Lipinski definition) is 0. The molecule has 132 valence electrons. The molecule has 0 spiro atoms. The molecule has 0 atom stereocenters. The van der Waals surface area contributed by atoms with Crippen LogP contribution < -0.4 is 10.4 Å². The van der Waals surface area contributed by atoms with E-state index in [0.29, 0.717) is 30.0 Å². The topological polar surface area (TPSA) is 59.8 Å². The first kappa shape index (κ1) is 16.4. The molecule has 5 heteroatoms. The predicted molar refractivity (Wildman–Crippen MR) is 98.3 cm³/mol. The van der Waals surface area contributed by atoms with Crippen LogP contribution in [0.1, 0.15) is 16.7 Å². The van der Waals surface area contributed by atoms with Gasteiger partial charge in [-0.15, -0.1) is 0 Å². The Balaban J connectivity index is 1.61. The summed E-state index contributed by atoms with van der Waals surface area (Å²) in [4.78, 5) is 26.6. The van der Waals surface area contributed by atoms with E-state index in [9.17, 15) is 9.59 Å². The largest absolute Gasteiger partial charge is 0.497 e. The molecule has 0 bridgehead atoms. The van der Waals surface area contributed by atoms with Crippen LogP contribution in [0, 0.1) is 0 Å². The van der Waals surface area contributed by atoms with Gasteiger partial charge in [0.1, 0.15) is 11.3 Å². The van der Waals surface area contributed by atoms with E-state index >= 15 is 0 Å². The van der Waals surface area contributed by atoms with Gasteiger partial charge in [-0.05, 0) is 35.2 Å². The molecule has 2 heterocycles. The van der Waals surface area contributed by atoms with Gasteiger partial charge >= 0.3 is 5.63 Å². The molecule has 1 amide bonds. The number of ether oxygens (including phenoxy) is 1. The molecule has 0 saturated carbocycles. The van der Waals surface area contributed by atoms with Crippen molar-refractivity contribution in [2.45, 2.75) is 19.4 Å². The summed E-state index contributed by atoms with van der Waals surface area (Å²) >= 11 is 0. The van der Waals surface area contributed by atoms with Crippen LogP contribution >= 0.6 is 0 Å². The lowest BCUT2D eigenvalue weighted by Crippen LogP contribution is -2.37. The van der Waals surface area contributed by atoms with Gasteiger partial charge in [-0.2, -0.15) is 0 Å². The second kappa shape index (κ2) is 6.67. The fraction of sp³-hybridized carbons (Fsp3) is 0.238. The van der Waals surface area contributed by atoms with E-state index in [0.717, 1.165) is 11.8 Å². The van der Waals surface area contributed by atoms with Crippen molar-refractivity contribution in [3.05, 3.63) is 75.6 Å². The van der Waals surface area contributed by atoms with Gasteiger partial charge in [0.05, 0.1) is 13.5 Å². The smallest absolute Gasteiger partial charge is 0.336 e. The van der Waals surface area contributed by atoms with E-state index in [1.54, 1.807) is 19.2 Å². The van der Waals surface area contributed by atoms with Crippen molar-refractivity contribution in [2.24, 2.45) is 0 Å². The monoisotopic (exact) mass is 349 g/mol. The van der Waals surface area contributed by atoms with Gasteiger partial charge in [0.15, 0.2) is 0 Å². The zero-order valence-electron chi connectivity index (χ0n) is 14.5. The number of carbonyl (C=O) groups is 1. The summed E-state index contributed by atoms with van der Waals surface area (Å²) in [6.07, 6.45) is 1.04. The van der Waals surface area contributed by atoms with Crippen LogP contribution in [0.5, 0.6) is 5.75 Å². The molecule has 0 aliphatic carbocycles. The van der Waals surface area contributed by atoms with Gasteiger partial charge < -0.3 is 14.1 Å². The van der Waals surface area contributed by atoms with Crippen molar-refractivity contribution in [3.63, 3.8) is 0 Å². The normalized spacial score (nSPS) is 13.5. The molecule has 0 radical (unpaired) electrons. The number of amides is 1. The summed E-state index contributed by atoms with van der Waals surface area (Å²) < 4.78 is 10.4. The standard InChI is InChI=1S/C21H19NO4/c1-25-17-6-7-18-16(11-21(24)26-19(18)12-17)10-20(23)22-9-8-14-4-2-3-5-15(14)13-22/h2-7,11-12H,8-10,13H2,1H3. The second-order valence-corrected chi connectivity index (χ2v) is 6.46. The summed E-state index contributed by atoms with van der Waals surface area (Å²) in [5.74, 6) is 0.624. The van der Waals surface area contributed by atoms with Crippen molar-refractivity contribution in [1.29, 1.82) is 0 Å². The highest BCUT2D eigenvalue weighted by atomic mass is 16.5. The lowest BCUT2D eigenvalue weighted by Gasteiger charge is -2.29. The Kier molecular flexibility index (Phi) is 4.21. The van der Waals surface area contributed by atoms with Crippen molar-refractivity contribution in [2.75, 3.05) is 13.7 Å². The SMILES string of the molecule is COc1ccc2c(CC(=O)N3CCc4ccccc4C3)cc(=O)oc2c1. The molecule has 4 rings (SSSR count). The van der Waals surface area contributed by atoms with Crippen LogP contribution in [-0.4, -0.2) is 24.5 Å². The maximum Gasteiger partial charge on any atom is 0.336 e. The molecular formula is C21H19NO4. The van der Waals surface area contributed by atoms with E-state index in [2.05, 4.69) is 12.1 Å². The van der Waals surface area contributed by atoms with Crippen LogP contribution in [0.25, 0.3) is 11.0 Å². The van der Waals surface area contributed by atoms with E-state index < -0.39 is 5.63 Å². The molecule has 1 aliphatic rings. The number of benzene rings is 2. The van der Waals surface area contributed by atoms with Crippen molar-refractivity contribution < 1.29 is 13.9 Å². The van der Waals surface area contributed by atoms with Crippen LogP contribution in [-0.2, 0) is 24.2 Å². The van der Waals surface area contributed by atoms with Gasteiger partial charge in [0, 0.05) is 30.6 Å². The lowest BCUT2D eigenvalue weighted by molar-refractivity contribution is -0.131. The molecule has 0 saturated heterocycles. The third-order valence-corrected chi connectivity index (χ3v) is 4.86. The third-order valence-electron chi connectivity index (χ3n) is 4.86. The van der Waals surface area contributed by atoms with Crippen molar-refractivity contribution in [3.8, 4) is 5.75 Å².